The first-order valence-electron chi connectivity index (χ1n) is 7.45. The highest BCUT2D eigenvalue weighted by atomic mass is 15.3. The normalized spacial score (nSPS) is 21.9. The van der Waals surface area contributed by atoms with Gasteiger partial charge in [-0.3, -0.25) is 4.90 Å². The van der Waals surface area contributed by atoms with Crippen LogP contribution in [0.4, 0.5) is 5.82 Å². The molecule has 4 nitrogen and oxygen atoms in total. The molecule has 0 aliphatic carbocycles. The number of likely N-dealkylation sites (N-methyl/N-ethyl adjacent to an activating group) is 2. The van der Waals surface area contributed by atoms with Crippen molar-refractivity contribution < 1.29 is 0 Å². The Hall–Kier alpha value is -1.13. The van der Waals surface area contributed by atoms with E-state index >= 15 is 0 Å². The van der Waals surface area contributed by atoms with Crippen LogP contribution in [-0.2, 0) is 5.41 Å². The van der Waals surface area contributed by atoms with E-state index in [0.717, 1.165) is 32.0 Å². The number of hydrogen-bond acceptors (Lipinski definition) is 4. The average molecular weight is 276 g/mol. The predicted octanol–water partition coefficient (Wildman–Crippen LogP) is 2.04. The van der Waals surface area contributed by atoms with E-state index in [2.05, 4.69) is 67.1 Å². The summed E-state index contributed by atoms with van der Waals surface area (Å²) in [6.07, 6.45) is 1.99. The number of nitrogens with one attached hydrogen (secondary N) is 1. The Morgan fingerprint density at radius 1 is 1.25 bits per heavy atom. The molecular weight excluding hydrogens is 248 g/mol. The summed E-state index contributed by atoms with van der Waals surface area (Å²) in [5, 5.41) is 3.46. The molecule has 1 aromatic rings. The molecule has 0 saturated carbocycles. The molecule has 4 heteroatoms. The SMILES string of the molecule is CN1CCN(C)C(CNc2ccc(C(C)(C)C)cn2)C1. The number of aromatic nitrogens is 1. The lowest BCUT2D eigenvalue weighted by Gasteiger charge is -2.37. The minimum Gasteiger partial charge on any atom is -0.368 e. The zero-order valence-corrected chi connectivity index (χ0v) is 13.5. The number of piperazine rings is 1. The Labute approximate surface area is 123 Å². The van der Waals surface area contributed by atoms with Crippen LogP contribution in [0.5, 0.6) is 0 Å². The minimum absolute atomic E-state index is 0.165. The molecule has 1 unspecified atom stereocenters. The van der Waals surface area contributed by atoms with Gasteiger partial charge in [-0.05, 0) is 31.1 Å². The molecule has 1 aliphatic rings. The smallest absolute Gasteiger partial charge is 0.125 e. The molecular formula is C16H28N4. The molecule has 1 N–H and O–H groups in total. The Morgan fingerprint density at radius 3 is 2.60 bits per heavy atom. The first-order chi connectivity index (χ1) is 9.36. The number of rotatable bonds is 3. The van der Waals surface area contributed by atoms with Gasteiger partial charge in [0.2, 0.25) is 0 Å². The summed E-state index contributed by atoms with van der Waals surface area (Å²) in [5.74, 6) is 0.972. The molecule has 0 amide bonds. The molecule has 1 aromatic heterocycles. The van der Waals surface area contributed by atoms with E-state index in [4.69, 9.17) is 0 Å². The Morgan fingerprint density at radius 2 is 2.00 bits per heavy atom. The summed E-state index contributed by atoms with van der Waals surface area (Å²) < 4.78 is 0. The molecule has 112 valence electrons. The summed E-state index contributed by atoms with van der Waals surface area (Å²) in [6, 6.07) is 4.82. The molecule has 0 bridgehead atoms. The maximum Gasteiger partial charge on any atom is 0.125 e. The molecule has 2 heterocycles. The van der Waals surface area contributed by atoms with Crippen LogP contribution in [0.15, 0.2) is 18.3 Å². The van der Waals surface area contributed by atoms with E-state index in [1.807, 2.05) is 6.20 Å². The standard InChI is InChI=1S/C16H28N4/c1-16(2,3)13-6-7-15(17-10-13)18-11-14-12-19(4)8-9-20(14)5/h6-7,10,14H,8-9,11-12H2,1-5H3,(H,17,18). The van der Waals surface area contributed by atoms with Crippen molar-refractivity contribution >= 4 is 5.82 Å². The van der Waals surface area contributed by atoms with Crippen molar-refractivity contribution in [3.05, 3.63) is 23.9 Å². The van der Waals surface area contributed by atoms with Gasteiger partial charge in [0, 0.05) is 38.4 Å². The molecule has 0 radical (unpaired) electrons. The minimum atomic E-state index is 0.165. The second-order valence-electron chi connectivity index (χ2n) is 6.96. The number of nitrogens with zero attached hydrogens (tertiary/aromatic N) is 3. The lowest BCUT2D eigenvalue weighted by Crippen LogP contribution is -2.52. The van der Waals surface area contributed by atoms with E-state index in [-0.39, 0.29) is 5.41 Å². The van der Waals surface area contributed by atoms with Crippen molar-refractivity contribution in [2.24, 2.45) is 0 Å². The zero-order valence-electron chi connectivity index (χ0n) is 13.5. The molecule has 1 fully saturated rings. The van der Waals surface area contributed by atoms with Crippen LogP contribution < -0.4 is 5.32 Å². The van der Waals surface area contributed by atoms with Crippen molar-refractivity contribution in [2.45, 2.75) is 32.2 Å². The third kappa shape index (κ3) is 3.93. The van der Waals surface area contributed by atoms with E-state index < -0.39 is 0 Å². The van der Waals surface area contributed by atoms with Crippen LogP contribution in [0.3, 0.4) is 0 Å². The van der Waals surface area contributed by atoms with Crippen molar-refractivity contribution in [2.75, 3.05) is 45.6 Å². The van der Waals surface area contributed by atoms with Crippen LogP contribution in [0, 0.1) is 0 Å². The highest BCUT2D eigenvalue weighted by molar-refractivity contribution is 5.37. The molecule has 1 atom stereocenters. The number of anilines is 1. The quantitative estimate of drug-likeness (QED) is 0.915. The monoisotopic (exact) mass is 276 g/mol. The van der Waals surface area contributed by atoms with E-state index in [0.29, 0.717) is 6.04 Å². The molecule has 2 rings (SSSR count). The average Bonchev–Trinajstić information content (AvgIpc) is 2.39. The maximum absolute atomic E-state index is 4.53. The van der Waals surface area contributed by atoms with Gasteiger partial charge in [0.15, 0.2) is 0 Å². The Bertz CT molecular complexity index is 421. The van der Waals surface area contributed by atoms with Crippen LogP contribution >= 0.6 is 0 Å². The summed E-state index contributed by atoms with van der Waals surface area (Å²) in [6.45, 7) is 11.0. The van der Waals surface area contributed by atoms with Crippen molar-refractivity contribution in [1.29, 1.82) is 0 Å². The van der Waals surface area contributed by atoms with Gasteiger partial charge in [0.1, 0.15) is 5.82 Å². The Balaban J connectivity index is 1.90. The topological polar surface area (TPSA) is 31.4 Å². The van der Waals surface area contributed by atoms with Crippen molar-refractivity contribution in [3.8, 4) is 0 Å². The van der Waals surface area contributed by atoms with Gasteiger partial charge in [0.05, 0.1) is 0 Å². The van der Waals surface area contributed by atoms with Crippen molar-refractivity contribution in [3.63, 3.8) is 0 Å². The summed E-state index contributed by atoms with van der Waals surface area (Å²) in [4.78, 5) is 9.35. The summed E-state index contributed by atoms with van der Waals surface area (Å²) in [7, 11) is 4.39. The first kappa shape index (κ1) is 15.3. The summed E-state index contributed by atoms with van der Waals surface area (Å²) in [5.41, 5.74) is 1.44. The number of hydrogen-bond donors (Lipinski definition) is 1. The fourth-order valence-corrected chi connectivity index (χ4v) is 2.49. The van der Waals surface area contributed by atoms with Gasteiger partial charge in [-0.1, -0.05) is 26.8 Å². The van der Waals surface area contributed by atoms with Gasteiger partial charge in [-0.2, -0.15) is 0 Å². The second-order valence-corrected chi connectivity index (χ2v) is 6.96. The van der Waals surface area contributed by atoms with Gasteiger partial charge in [-0.25, -0.2) is 4.98 Å². The molecule has 0 spiro atoms. The third-order valence-electron chi connectivity index (χ3n) is 4.13. The third-order valence-corrected chi connectivity index (χ3v) is 4.13. The van der Waals surface area contributed by atoms with E-state index in [1.165, 1.54) is 5.56 Å². The summed E-state index contributed by atoms with van der Waals surface area (Å²) >= 11 is 0. The highest BCUT2D eigenvalue weighted by Crippen LogP contribution is 2.21. The van der Waals surface area contributed by atoms with E-state index in [9.17, 15) is 0 Å². The highest BCUT2D eigenvalue weighted by Gasteiger charge is 2.21. The number of pyridine rings is 1. The van der Waals surface area contributed by atoms with Gasteiger partial charge >= 0.3 is 0 Å². The fraction of sp³-hybridized carbons (Fsp3) is 0.688. The molecule has 20 heavy (non-hydrogen) atoms. The molecule has 0 aromatic carbocycles. The van der Waals surface area contributed by atoms with Gasteiger partial charge in [-0.15, -0.1) is 0 Å². The zero-order chi connectivity index (χ0) is 14.8. The first-order valence-corrected chi connectivity index (χ1v) is 7.45. The fourth-order valence-electron chi connectivity index (χ4n) is 2.49. The predicted molar refractivity (Wildman–Crippen MR) is 85.3 cm³/mol. The van der Waals surface area contributed by atoms with Crippen molar-refractivity contribution in [1.82, 2.24) is 14.8 Å². The van der Waals surface area contributed by atoms with Crippen LogP contribution in [0.2, 0.25) is 0 Å². The largest absolute Gasteiger partial charge is 0.368 e. The Kier molecular flexibility index (Phi) is 4.66. The van der Waals surface area contributed by atoms with Gasteiger partial charge in [0.25, 0.3) is 0 Å². The second kappa shape index (κ2) is 6.10. The molecule has 1 aliphatic heterocycles. The lowest BCUT2D eigenvalue weighted by molar-refractivity contribution is 0.122. The van der Waals surface area contributed by atoms with Crippen LogP contribution in [0.1, 0.15) is 26.3 Å². The van der Waals surface area contributed by atoms with Gasteiger partial charge < -0.3 is 10.2 Å². The van der Waals surface area contributed by atoms with E-state index in [1.54, 1.807) is 0 Å². The van der Waals surface area contributed by atoms with Crippen LogP contribution in [0.25, 0.3) is 0 Å². The molecule has 1 saturated heterocycles. The maximum atomic E-state index is 4.53. The lowest BCUT2D eigenvalue weighted by atomic mass is 9.88. The van der Waals surface area contributed by atoms with Crippen LogP contribution in [-0.4, -0.2) is 61.1 Å².